The van der Waals surface area contributed by atoms with Crippen molar-refractivity contribution in [3.63, 3.8) is 0 Å². The van der Waals surface area contributed by atoms with E-state index in [1.165, 1.54) is 43.5 Å². The molecule has 6 nitrogen and oxygen atoms in total. The molecule has 0 spiro atoms. The lowest BCUT2D eigenvalue weighted by molar-refractivity contribution is 0.0602. The van der Waals surface area contributed by atoms with Crippen LogP contribution in [0.2, 0.25) is 0 Å². The van der Waals surface area contributed by atoms with Gasteiger partial charge in [0, 0.05) is 11.5 Å². The molecular formula is C18H17NO5S. The highest BCUT2D eigenvalue weighted by Gasteiger charge is 2.30. The van der Waals surface area contributed by atoms with E-state index in [0.717, 1.165) is 12.8 Å². The van der Waals surface area contributed by atoms with E-state index in [1.54, 1.807) is 12.1 Å². The van der Waals surface area contributed by atoms with Crippen LogP contribution in [0.1, 0.15) is 33.6 Å². The molecule has 1 aliphatic carbocycles. The van der Waals surface area contributed by atoms with Gasteiger partial charge in [-0.15, -0.1) is 0 Å². The Hall–Kier alpha value is -2.67. The number of nitrogens with one attached hydrogen (secondary N) is 1. The van der Waals surface area contributed by atoms with E-state index in [1.807, 2.05) is 0 Å². The lowest BCUT2D eigenvalue weighted by atomic mass is 10.1. The van der Waals surface area contributed by atoms with Crippen LogP contribution in [0.5, 0.6) is 0 Å². The fourth-order valence-corrected chi connectivity index (χ4v) is 3.52. The summed E-state index contributed by atoms with van der Waals surface area (Å²) in [6, 6.07) is 12.0. The molecule has 0 heterocycles. The molecule has 1 saturated carbocycles. The van der Waals surface area contributed by atoms with Crippen molar-refractivity contribution >= 4 is 27.5 Å². The van der Waals surface area contributed by atoms with Gasteiger partial charge in [0.05, 0.1) is 23.3 Å². The van der Waals surface area contributed by atoms with Crippen molar-refractivity contribution in [2.24, 2.45) is 5.92 Å². The Bertz CT molecular complexity index is 915. The van der Waals surface area contributed by atoms with Crippen LogP contribution in [0.15, 0.2) is 53.4 Å². The number of ketones is 1. The Morgan fingerprint density at radius 1 is 1.04 bits per heavy atom. The Labute approximate surface area is 145 Å². The number of Topliss-reactive ketones (excluding diaryl/α,β-unsaturated/α-hetero) is 1. The maximum Gasteiger partial charge on any atom is 0.339 e. The number of carbonyl (C=O) groups is 2. The van der Waals surface area contributed by atoms with Gasteiger partial charge >= 0.3 is 5.97 Å². The van der Waals surface area contributed by atoms with Crippen LogP contribution >= 0.6 is 0 Å². The number of rotatable bonds is 6. The summed E-state index contributed by atoms with van der Waals surface area (Å²) < 4.78 is 32.1. The molecule has 2 aromatic rings. The molecule has 1 aliphatic rings. The van der Waals surface area contributed by atoms with E-state index in [0.29, 0.717) is 5.56 Å². The second kappa shape index (κ2) is 6.68. The van der Waals surface area contributed by atoms with E-state index in [2.05, 4.69) is 9.46 Å². The summed E-state index contributed by atoms with van der Waals surface area (Å²) in [5, 5.41) is 0. The first-order valence-electron chi connectivity index (χ1n) is 7.77. The van der Waals surface area contributed by atoms with Gasteiger partial charge in [0.2, 0.25) is 0 Å². The van der Waals surface area contributed by atoms with Gasteiger partial charge in [-0.2, -0.15) is 0 Å². The summed E-state index contributed by atoms with van der Waals surface area (Å²) >= 11 is 0. The van der Waals surface area contributed by atoms with E-state index in [-0.39, 0.29) is 27.8 Å². The van der Waals surface area contributed by atoms with Crippen LogP contribution in [-0.2, 0) is 14.8 Å². The molecule has 0 radical (unpaired) electrons. The number of benzene rings is 2. The standard InChI is InChI=1S/C18H17NO5S/c1-24-18(21)15-4-2-3-5-16(15)19-25(22,23)14-10-8-13(9-11-14)17(20)12-6-7-12/h2-5,8-12,19H,6-7H2,1H3. The van der Waals surface area contributed by atoms with Crippen molar-refractivity contribution in [3.05, 3.63) is 59.7 Å². The molecule has 1 fully saturated rings. The van der Waals surface area contributed by atoms with Crippen molar-refractivity contribution in [2.75, 3.05) is 11.8 Å². The van der Waals surface area contributed by atoms with Crippen LogP contribution in [0.4, 0.5) is 5.69 Å². The maximum absolute atomic E-state index is 12.5. The van der Waals surface area contributed by atoms with Gasteiger partial charge in [0.1, 0.15) is 0 Å². The number of hydrogen-bond donors (Lipinski definition) is 1. The molecular weight excluding hydrogens is 342 g/mol. The molecule has 3 rings (SSSR count). The molecule has 2 aromatic carbocycles. The van der Waals surface area contributed by atoms with Crippen LogP contribution in [0, 0.1) is 5.92 Å². The predicted octanol–water partition coefficient (Wildman–Crippen LogP) is 2.87. The SMILES string of the molecule is COC(=O)c1ccccc1NS(=O)(=O)c1ccc(C(=O)C2CC2)cc1. The second-order valence-electron chi connectivity index (χ2n) is 5.81. The van der Waals surface area contributed by atoms with Gasteiger partial charge < -0.3 is 4.74 Å². The number of hydrogen-bond acceptors (Lipinski definition) is 5. The lowest BCUT2D eigenvalue weighted by Crippen LogP contribution is -2.16. The molecule has 7 heteroatoms. The van der Waals surface area contributed by atoms with Crippen molar-refractivity contribution in [3.8, 4) is 0 Å². The smallest absolute Gasteiger partial charge is 0.339 e. The number of para-hydroxylation sites is 1. The van der Waals surface area contributed by atoms with Gasteiger partial charge in [-0.1, -0.05) is 24.3 Å². The molecule has 0 saturated heterocycles. The molecule has 0 aromatic heterocycles. The summed E-state index contributed by atoms with van der Waals surface area (Å²) in [5.74, 6) is -0.510. The van der Waals surface area contributed by atoms with E-state index in [4.69, 9.17) is 0 Å². The van der Waals surface area contributed by atoms with E-state index < -0.39 is 16.0 Å². The summed E-state index contributed by atoms with van der Waals surface area (Å²) in [6.07, 6.45) is 1.79. The van der Waals surface area contributed by atoms with Crippen LogP contribution < -0.4 is 4.72 Å². The van der Waals surface area contributed by atoms with Gasteiger partial charge in [-0.05, 0) is 37.1 Å². The quantitative estimate of drug-likeness (QED) is 0.633. The summed E-state index contributed by atoms with van der Waals surface area (Å²) in [7, 11) is -2.67. The van der Waals surface area contributed by atoms with Gasteiger partial charge in [-0.3, -0.25) is 9.52 Å². The van der Waals surface area contributed by atoms with Crippen LogP contribution in [0.3, 0.4) is 0 Å². The fourth-order valence-electron chi connectivity index (χ4n) is 2.44. The van der Waals surface area contributed by atoms with Crippen LogP contribution in [-0.4, -0.2) is 27.3 Å². The Morgan fingerprint density at radius 3 is 2.28 bits per heavy atom. The minimum Gasteiger partial charge on any atom is -0.465 e. The summed E-state index contributed by atoms with van der Waals surface area (Å²) in [6.45, 7) is 0. The molecule has 130 valence electrons. The Morgan fingerprint density at radius 2 is 1.68 bits per heavy atom. The number of esters is 1. The second-order valence-corrected chi connectivity index (χ2v) is 7.49. The van der Waals surface area contributed by atoms with Crippen molar-refractivity contribution in [1.29, 1.82) is 0 Å². The average Bonchev–Trinajstić information content (AvgIpc) is 3.46. The van der Waals surface area contributed by atoms with Gasteiger partial charge in [0.25, 0.3) is 10.0 Å². The topological polar surface area (TPSA) is 89.5 Å². The number of sulfonamides is 1. The average molecular weight is 359 g/mol. The first-order valence-corrected chi connectivity index (χ1v) is 9.25. The van der Waals surface area contributed by atoms with Gasteiger partial charge in [-0.25, -0.2) is 13.2 Å². The molecule has 0 bridgehead atoms. The first-order chi connectivity index (χ1) is 11.9. The van der Waals surface area contributed by atoms with E-state index in [9.17, 15) is 18.0 Å². The number of carbonyl (C=O) groups excluding carboxylic acids is 2. The zero-order valence-corrected chi connectivity index (χ0v) is 14.4. The largest absolute Gasteiger partial charge is 0.465 e. The first kappa shape index (κ1) is 17.2. The molecule has 0 unspecified atom stereocenters. The van der Waals surface area contributed by atoms with E-state index >= 15 is 0 Å². The molecule has 0 aliphatic heterocycles. The zero-order chi connectivity index (χ0) is 18.0. The Balaban J connectivity index is 1.85. The third-order valence-electron chi connectivity index (χ3n) is 3.97. The van der Waals surface area contributed by atoms with Crippen molar-refractivity contribution in [2.45, 2.75) is 17.7 Å². The monoisotopic (exact) mass is 359 g/mol. The highest BCUT2D eigenvalue weighted by Crippen LogP contribution is 2.32. The third kappa shape index (κ3) is 3.71. The molecule has 0 amide bonds. The molecule has 25 heavy (non-hydrogen) atoms. The normalized spacial score (nSPS) is 14.0. The minimum atomic E-state index is -3.89. The van der Waals surface area contributed by atoms with Gasteiger partial charge in [0.15, 0.2) is 5.78 Å². The number of ether oxygens (including phenoxy) is 1. The highest BCUT2D eigenvalue weighted by molar-refractivity contribution is 7.92. The molecule has 1 N–H and O–H groups in total. The number of anilines is 1. The van der Waals surface area contributed by atoms with Crippen LogP contribution in [0.25, 0.3) is 0 Å². The predicted molar refractivity (Wildman–Crippen MR) is 92.1 cm³/mol. The fraction of sp³-hybridized carbons (Fsp3) is 0.222. The summed E-state index contributed by atoms with van der Waals surface area (Å²) in [5.41, 5.74) is 0.762. The van der Waals surface area contributed by atoms with Crippen molar-refractivity contribution < 1.29 is 22.7 Å². The Kier molecular flexibility index (Phi) is 4.59. The summed E-state index contributed by atoms with van der Waals surface area (Å²) in [4.78, 5) is 23.8. The third-order valence-corrected chi connectivity index (χ3v) is 5.36. The maximum atomic E-state index is 12.5. The highest BCUT2D eigenvalue weighted by atomic mass is 32.2. The number of methoxy groups -OCH3 is 1. The lowest BCUT2D eigenvalue weighted by Gasteiger charge is -2.11. The zero-order valence-electron chi connectivity index (χ0n) is 13.6. The van der Waals surface area contributed by atoms with Crippen molar-refractivity contribution in [1.82, 2.24) is 0 Å². The molecule has 0 atom stereocenters. The minimum absolute atomic E-state index is 0.0134.